The van der Waals surface area contributed by atoms with Crippen molar-refractivity contribution in [1.29, 1.82) is 0 Å². The molecule has 4 nitrogen and oxygen atoms in total. The fourth-order valence-electron chi connectivity index (χ4n) is 2.72. The first kappa shape index (κ1) is 19.9. The summed E-state index contributed by atoms with van der Waals surface area (Å²) in [5.41, 5.74) is 0.558. The van der Waals surface area contributed by atoms with E-state index < -0.39 is 20.0 Å². The molecule has 0 amide bonds. The van der Waals surface area contributed by atoms with Crippen LogP contribution in [0.5, 0.6) is 0 Å². The number of aliphatic hydroxyl groups is 1. The minimum absolute atomic E-state index is 0.0319. The van der Waals surface area contributed by atoms with Crippen LogP contribution < -0.4 is 0 Å². The second-order valence-electron chi connectivity index (χ2n) is 8.39. The van der Waals surface area contributed by atoms with Crippen LogP contribution in [-0.4, -0.2) is 37.7 Å². The Morgan fingerprint density at radius 1 is 1.28 bits per heavy atom. The minimum Gasteiger partial charge on any atom is -0.457 e. The van der Waals surface area contributed by atoms with Crippen LogP contribution in [0.4, 0.5) is 0 Å². The van der Waals surface area contributed by atoms with Gasteiger partial charge >= 0.3 is 5.97 Å². The van der Waals surface area contributed by atoms with Crippen molar-refractivity contribution in [3.8, 4) is 0 Å². The predicted molar refractivity (Wildman–Crippen MR) is 102 cm³/mol. The number of carbonyl (C=O) groups is 1. The summed E-state index contributed by atoms with van der Waals surface area (Å²) in [7, 11) is -2.09. The molecule has 0 saturated heterocycles. The van der Waals surface area contributed by atoms with Gasteiger partial charge in [-0.15, -0.1) is 0 Å². The maximum Gasteiger partial charge on any atom is 0.338 e. The summed E-state index contributed by atoms with van der Waals surface area (Å²) in [4.78, 5) is 12.2. The molecule has 2 rings (SSSR count). The number of hydrogen-bond donors (Lipinski definition) is 1. The van der Waals surface area contributed by atoms with E-state index in [0.29, 0.717) is 12.0 Å². The Morgan fingerprint density at radius 3 is 2.44 bits per heavy atom. The molecule has 0 aromatic heterocycles. The molecule has 0 radical (unpaired) electrons. The summed E-state index contributed by atoms with van der Waals surface area (Å²) in [5.74, 6) is -0.363. The first-order valence-corrected chi connectivity index (χ1v) is 11.7. The third kappa shape index (κ3) is 4.22. The lowest BCUT2D eigenvalue weighted by Crippen LogP contribution is -2.53. The average Bonchev–Trinajstić information content (AvgIpc) is 2.79. The maximum absolute atomic E-state index is 12.2. The van der Waals surface area contributed by atoms with Crippen molar-refractivity contribution in [2.75, 3.05) is 6.61 Å². The van der Waals surface area contributed by atoms with Crippen LogP contribution >= 0.6 is 0 Å². The summed E-state index contributed by atoms with van der Waals surface area (Å²) in [6.07, 6.45) is 1.84. The lowest BCUT2D eigenvalue weighted by Gasteiger charge is -2.45. The number of benzene rings is 1. The molecule has 0 fully saturated rings. The fourth-order valence-corrected chi connectivity index (χ4v) is 4.35. The number of hydrogen-bond acceptors (Lipinski definition) is 4. The lowest BCUT2D eigenvalue weighted by molar-refractivity contribution is -0.0188. The topological polar surface area (TPSA) is 55.8 Å². The molecule has 0 bridgehead atoms. The molecule has 1 aromatic rings. The Bertz CT molecular complexity index is 645. The Morgan fingerprint density at radius 2 is 1.88 bits per heavy atom. The smallest absolute Gasteiger partial charge is 0.338 e. The van der Waals surface area contributed by atoms with Crippen LogP contribution in [0.15, 0.2) is 42.0 Å². The van der Waals surface area contributed by atoms with E-state index in [1.54, 1.807) is 24.3 Å². The lowest BCUT2D eigenvalue weighted by atomic mass is 9.96. The largest absolute Gasteiger partial charge is 0.457 e. The van der Waals surface area contributed by atoms with Crippen LogP contribution in [0, 0.1) is 0 Å². The first-order valence-electron chi connectivity index (χ1n) is 8.77. The standard InChI is InChI=1S/C20H30O4Si/c1-19(2,3)25(5,6)24-20(4)16(12-13-17(20)21)14-23-18(22)15-10-8-7-9-11-15/h7-12,17,21H,13-14H2,1-6H3/t17-,20+/m0/s1. The number of carbonyl (C=O) groups excluding carboxylic acids is 1. The molecule has 2 atom stereocenters. The zero-order valence-corrected chi connectivity index (χ0v) is 17.1. The quantitative estimate of drug-likeness (QED) is 0.482. The van der Waals surface area contributed by atoms with Gasteiger partial charge in [0.05, 0.1) is 11.7 Å². The highest BCUT2D eigenvalue weighted by Crippen LogP contribution is 2.44. The van der Waals surface area contributed by atoms with Gasteiger partial charge in [0.25, 0.3) is 0 Å². The normalized spacial score (nSPS) is 24.1. The number of ether oxygens (including phenoxy) is 1. The van der Waals surface area contributed by atoms with Crippen LogP contribution in [0.25, 0.3) is 0 Å². The van der Waals surface area contributed by atoms with E-state index in [4.69, 9.17) is 9.16 Å². The highest BCUT2D eigenvalue weighted by Gasteiger charge is 2.49. The van der Waals surface area contributed by atoms with Crippen molar-refractivity contribution < 1.29 is 19.1 Å². The van der Waals surface area contributed by atoms with Gasteiger partial charge in [0.15, 0.2) is 8.32 Å². The Labute approximate surface area is 152 Å². The third-order valence-corrected chi connectivity index (χ3v) is 10.0. The van der Waals surface area contributed by atoms with Crippen molar-refractivity contribution >= 4 is 14.3 Å². The molecule has 1 aromatic carbocycles. The van der Waals surface area contributed by atoms with E-state index in [-0.39, 0.29) is 17.6 Å². The van der Waals surface area contributed by atoms with E-state index in [1.807, 2.05) is 19.1 Å². The number of rotatable bonds is 5. The van der Waals surface area contributed by atoms with Crippen molar-refractivity contribution in [1.82, 2.24) is 0 Å². The van der Waals surface area contributed by atoms with E-state index >= 15 is 0 Å². The Kier molecular flexibility index (Phi) is 5.61. The maximum atomic E-state index is 12.2. The SMILES string of the molecule is CC(C)(C)[Si](C)(C)O[C@]1(C)C(COC(=O)c2ccccc2)=CC[C@@H]1O. The summed E-state index contributed by atoms with van der Waals surface area (Å²) < 4.78 is 12.0. The average molecular weight is 363 g/mol. The predicted octanol–water partition coefficient (Wildman–Crippen LogP) is 4.31. The van der Waals surface area contributed by atoms with Crippen molar-refractivity contribution in [3.05, 3.63) is 47.5 Å². The summed E-state index contributed by atoms with van der Waals surface area (Å²) in [5, 5.41) is 10.6. The zero-order chi connectivity index (χ0) is 18.9. The summed E-state index contributed by atoms with van der Waals surface area (Å²) in [6.45, 7) is 12.9. The molecule has 0 aliphatic heterocycles. The van der Waals surface area contributed by atoms with Crippen molar-refractivity contribution in [2.45, 2.75) is 64.0 Å². The molecule has 0 saturated carbocycles. The molecule has 0 unspecified atom stereocenters. The second-order valence-corrected chi connectivity index (χ2v) is 13.1. The van der Waals surface area contributed by atoms with E-state index in [9.17, 15) is 9.90 Å². The van der Waals surface area contributed by atoms with Gasteiger partial charge in [0, 0.05) is 0 Å². The van der Waals surface area contributed by atoms with E-state index in [0.717, 1.165) is 5.57 Å². The zero-order valence-electron chi connectivity index (χ0n) is 16.1. The first-order chi connectivity index (χ1) is 11.5. The van der Waals surface area contributed by atoms with Crippen LogP contribution in [0.1, 0.15) is 44.5 Å². The van der Waals surface area contributed by atoms with E-state index in [2.05, 4.69) is 33.9 Å². The molecule has 138 valence electrons. The molecule has 25 heavy (non-hydrogen) atoms. The fraction of sp³-hybridized carbons (Fsp3) is 0.550. The van der Waals surface area contributed by atoms with Gasteiger partial charge in [-0.25, -0.2) is 4.79 Å². The van der Waals surface area contributed by atoms with Gasteiger partial charge in [-0.05, 0) is 49.2 Å². The molecule has 0 spiro atoms. The molecular weight excluding hydrogens is 332 g/mol. The van der Waals surface area contributed by atoms with Crippen LogP contribution in [-0.2, 0) is 9.16 Å². The monoisotopic (exact) mass is 362 g/mol. The Balaban J connectivity index is 2.11. The van der Waals surface area contributed by atoms with Gasteiger partial charge < -0.3 is 14.3 Å². The highest BCUT2D eigenvalue weighted by atomic mass is 28.4. The van der Waals surface area contributed by atoms with E-state index in [1.165, 1.54) is 0 Å². The highest BCUT2D eigenvalue weighted by molar-refractivity contribution is 6.74. The molecule has 1 aliphatic rings. The van der Waals surface area contributed by atoms with Gasteiger partial charge in [0.1, 0.15) is 12.2 Å². The van der Waals surface area contributed by atoms with Crippen molar-refractivity contribution in [3.63, 3.8) is 0 Å². The second kappa shape index (κ2) is 7.06. The van der Waals surface area contributed by atoms with Crippen molar-refractivity contribution in [2.24, 2.45) is 0 Å². The molecule has 0 heterocycles. The summed E-state index contributed by atoms with van der Waals surface area (Å²) in [6, 6.07) is 8.92. The van der Waals surface area contributed by atoms with Gasteiger partial charge in [-0.2, -0.15) is 0 Å². The number of aliphatic hydroxyl groups excluding tert-OH is 1. The third-order valence-electron chi connectivity index (χ3n) is 5.50. The molecular formula is C20H30O4Si. The van der Waals surface area contributed by atoms with Crippen LogP contribution in [0.2, 0.25) is 18.1 Å². The molecule has 1 aliphatic carbocycles. The minimum atomic E-state index is -2.09. The summed E-state index contributed by atoms with van der Waals surface area (Å²) >= 11 is 0. The van der Waals surface area contributed by atoms with Crippen LogP contribution in [0.3, 0.4) is 0 Å². The Hall–Kier alpha value is -1.43. The van der Waals surface area contributed by atoms with Gasteiger partial charge in [0.2, 0.25) is 0 Å². The molecule has 1 N–H and O–H groups in total. The number of esters is 1. The van der Waals surface area contributed by atoms with Gasteiger partial charge in [-0.1, -0.05) is 45.0 Å². The molecule has 5 heteroatoms. The van der Waals surface area contributed by atoms with Gasteiger partial charge in [-0.3, -0.25) is 0 Å².